The molecule has 2 aliphatic carbocycles. The lowest BCUT2D eigenvalue weighted by molar-refractivity contribution is -0.0359. The summed E-state index contributed by atoms with van der Waals surface area (Å²) < 4.78 is 0. The number of aliphatic hydroxyl groups is 1. The van der Waals surface area contributed by atoms with Gasteiger partial charge in [0.1, 0.15) is 0 Å². The van der Waals surface area contributed by atoms with Crippen LogP contribution in [0.5, 0.6) is 0 Å². The van der Waals surface area contributed by atoms with Gasteiger partial charge in [-0.15, -0.1) is 0 Å². The van der Waals surface area contributed by atoms with Crippen LogP contribution < -0.4 is 0 Å². The Labute approximate surface area is 81.5 Å². The van der Waals surface area contributed by atoms with E-state index in [1.165, 1.54) is 25.7 Å². The van der Waals surface area contributed by atoms with Gasteiger partial charge in [-0.05, 0) is 42.4 Å². The maximum absolute atomic E-state index is 10.0. The predicted molar refractivity (Wildman–Crippen MR) is 54.5 cm³/mol. The van der Waals surface area contributed by atoms with Crippen LogP contribution in [0.4, 0.5) is 0 Å². The Morgan fingerprint density at radius 3 is 2.38 bits per heavy atom. The lowest BCUT2D eigenvalue weighted by Crippen LogP contribution is -2.43. The van der Waals surface area contributed by atoms with Crippen LogP contribution in [0.15, 0.2) is 0 Å². The molecule has 1 heteroatoms. The number of fused-ring (bicyclic) bond motifs is 1. The van der Waals surface area contributed by atoms with E-state index in [1.807, 2.05) is 0 Å². The fourth-order valence-electron chi connectivity index (χ4n) is 4.11. The Bertz CT molecular complexity index is 205. The quantitative estimate of drug-likeness (QED) is 0.610. The smallest absolute Gasteiger partial charge is 0.0578 e. The summed E-state index contributed by atoms with van der Waals surface area (Å²) in [5.74, 6) is 0.550. The van der Waals surface area contributed by atoms with Crippen molar-refractivity contribution in [2.24, 2.45) is 16.7 Å². The van der Waals surface area contributed by atoms with Crippen LogP contribution in [-0.4, -0.2) is 11.2 Å². The molecule has 0 aromatic heterocycles. The van der Waals surface area contributed by atoms with Crippen molar-refractivity contribution < 1.29 is 5.11 Å². The lowest BCUT2D eigenvalue weighted by atomic mass is 9.57. The second kappa shape index (κ2) is 2.73. The molecule has 2 saturated carbocycles. The summed E-state index contributed by atoms with van der Waals surface area (Å²) in [5, 5.41) is 10.0. The first kappa shape index (κ1) is 9.51. The summed E-state index contributed by atoms with van der Waals surface area (Å²) in [6.07, 6.45) is 6.22. The van der Waals surface area contributed by atoms with Gasteiger partial charge in [-0.25, -0.2) is 0 Å². The van der Waals surface area contributed by atoms with Crippen LogP contribution in [0, 0.1) is 16.7 Å². The summed E-state index contributed by atoms with van der Waals surface area (Å²) >= 11 is 0. The Hall–Kier alpha value is -0.0400. The lowest BCUT2D eigenvalue weighted by Gasteiger charge is -2.48. The molecule has 0 spiro atoms. The van der Waals surface area contributed by atoms with Crippen molar-refractivity contribution in [2.45, 2.75) is 59.0 Å². The fourth-order valence-corrected chi connectivity index (χ4v) is 4.11. The number of hydrogen-bond donors (Lipinski definition) is 1. The number of rotatable bonds is 0. The standard InChI is InChI=1S/C12H22O/c1-11(2)6-4-7-12(3)8-5-9(13)10(11)12/h9-10,13H,4-8H2,1-3H3/t9-,10-,12-/m1/s1. The molecule has 0 saturated heterocycles. The van der Waals surface area contributed by atoms with E-state index >= 15 is 0 Å². The van der Waals surface area contributed by atoms with Crippen molar-refractivity contribution in [1.29, 1.82) is 0 Å². The van der Waals surface area contributed by atoms with E-state index in [-0.39, 0.29) is 6.10 Å². The minimum absolute atomic E-state index is 0.0275. The molecule has 0 bridgehead atoms. The Kier molecular flexibility index (Phi) is 1.99. The highest BCUT2D eigenvalue weighted by Gasteiger charge is 2.53. The van der Waals surface area contributed by atoms with Gasteiger partial charge in [0.25, 0.3) is 0 Å². The van der Waals surface area contributed by atoms with E-state index in [4.69, 9.17) is 0 Å². The van der Waals surface area contributed by atoms with Gasteiger partial charge >= 0.3 is 0 Å². The largest absolute Gasteiger partial charge is 0.393 e. The first-order chi connectivity index (χ1) is 5.96. The SMILES string of the molecule is CC1(C)CCC[C@]2(C)CC[C@@H](O)[C@H]12. The van der Waals surface area contributed by atoms with Crippen molar-refractivity contribution in [3.05, 3.63) is 0 Å². The highest BCUT2D eigenvalue weighted by atomic mass is 16.3. The van der Waals surface area contributed by atoms with Crippen LogP contribution >= 0.6 is 0 Å². The highest BCUT2D eigenvalue weighted by molar-refractivity contribution is 5.03. The zero-order valence-electron chi connectivity index (χ0n) is 9.14. The van der Waals surface area contributed by atoms with Gasteiger partial charge < -0.3 is 5.11 Å². The van der Waals surface area contributed by atoms with E-state index in [0.29, 0.717) is 16.7 Å². The Balaban J connectivity index is 2.30. The van der Waals surface area contributed by atoms with E-state index in [1.54, 1.807) is 0 Å². The molecule has 1 N–H and O–H groups in total. The van der Waals surface area contributed by atoms with Gasteiger partial charge in [0.2, 0.25) is 0 Å². The molecule has 0 amide bonds. The van der Waals surface area contributed by atoms with Crippen LogP contribution in [0.3, 0.4) is 0 Å². The molecule has 76 valence electrons. The van der Waals surface area contributed by atoms with E-state index in [9.17, 15) is 5.11 Å². The Morgan fingerprint density at radius 2 is 1.77 bits per heavy atom. The molecule has 0 aromatic carbocycles. The minimum Gasteiger partial charge on any atom is -0.393 e. The van der Waals surface area contributed by atoms with Crippen LogP contribution in [0.1, 0.15) is 52.9 Å². The van der Waals surface area contributed by atoms with Gasteiger partial charge in [0.05, 0.1) is 6.10 Å². The molecule has 0 aromatic rings. The first-order valence-corrected chi connectivity index (χ1v) is 5.64. The van der Waals surface area contributed by atoms with Crippen molar-refractivity contribution in [2.75, 3.05) is 0 Å². The zero-order chi connectivity index (χ0) is 9.69. The third kappa shape index (κ3) is 1.32. The van der Waals surface area contributed by atoms with E-state index < -0.39 is 0 Å². The van der Waals surface area contributed by atoms with Crippen molar-refractivity contribution in [1.82, 2.24) is 0 Å². The van der Waals surface area contributed by atoms with Gasteiger partial charge in [0, 0.05) is 0 Å². The van der Waals surface area contributed by atoms with Gasteiger partial charge in [-0.2, -0.15) is 0 Å². The summed E-state index contributed by atoms with van der Waals surface area (Å²) in [6.45, 7) is 7.06. The average Bonchev–Trinajstić information content (AvgIpc) is 2.27. The summed E-state index contributed by atoms with van der Waals surface area (Å²) in [5.41, 5.74) is 0.810. The van der Waals surface area contributed by atoms with Gasteiger partial charge in [-0.3, -0.25) is 0 Å². The molecular formula is C12H22O. The minimum atomic E-state index is -0.0275. The molecule has 13 heavy (non-hydrogen) atoms. The maximum atomic E-state index is 10.0. The van der Waals surface area contributed by atoms with E-state index in [0.717, 1.165) is 6.42 Å². The Morgan fingerprint density at radius 1 is 1.08 bits per heavy atom. The molecule has 2 aliphatic rings. The second-order valence-electron chi connectivity index (χ2n) is 6.08. The fraction of sp³-hybridized carbons (Fsp3) is 1.00. The molecule has 0 heterocycles. The molecule has 3 atom stereocenters. The normalized spacial score (nSPS) is 48.9. The molecule has 1 nitrogen and oxygen atoms in total. The average molecular weight is 182 g/mol. The molecule has 2 fully saturated rings. The number of aliphatic hydroxyl groups excluding tert-OH is 1. The van der Waals surface area contributed by atoms with Crippen LogP contribution in [0.2, 0.25) is 0 Å². The van der Waals surface area contributed by atoms with Crippen LogP contribution in [0.25, 0.3) is 0 Å². The summed E-state index contributed by atoms with van der Waals surface area (Å²) in [4.78, 5) is 0. The zero-order valence-corrected chi connectivity index (χ0v) is 9.14. The van der Waals surface area contributed by atoms with Crippen LogP contribution in [-0.2, 0) is 0 Å². The van der Waals surface area contributed by atoms with Crippen molar-refractivity contribution in [3.63, 3.8) is 0 Å². The molecule has 0 aliphatic heterocycles. The van der Waals surface area contributed by atoms with Gasteiger partial charge in [0.15, 0.2) is 0 Å². The maximum Gasteiger partial charge on any atom is 0.0578 e. The highest BCUT2D eigenvalue weighted by Crippen LogP contribution is 2.59. The number of hydrogen-bond acceptors (Lipinski definition) is 1. The van der Waals surface area contributed by atoms with Crippen molar-refractivity contribution >= 4 is 0 Å². The topological polar surface area (TPSA) is 20.2 Å². The van der Waals surface area contributed by atoms with Gasteiger partial charge in [-0.1, -0.05) is 27.2 Å². The third-order valence-electron chi connectivity index (χ3n) is 4.56. The molecule has 2 rings (SSSR count). The molecular weight excluding hydrogens is 160 g/mol. The molecule has 0 unspecified atom stereocenters. The summed E-state index contributed by atoms with van der Waals surface area (Å²) in [7, 11) is 0. The third-order valence-corrected chi connectivity index (χ3v) is 4.56. The van der Waals surface area contributed by atoms with Crippen molar-refractivity contribution in [3.8, 4) is 0 Å². The monoisotopic (exact) mass is 182 g/mol. The predicted octanol–water partition coefficient (Wildman–Crippen LogP) is 2.97. The van der Waals surface area contributed by atoms with E-state index in [2.05, 4.69) is 20.8 Å². The second-order valence-corrected chi connectivity index (χ2v) is 6.08. The summed E-state index contributed by atoms with van der Waals surface area (Å²) in [6, 6.07) is 0. The molecule has 0 radical (unpaired) electrons. The first-order valence-electron chi connectivity index (χ1n) is 5.64.